The molecule has 2 aromatic heterocycles. The highest BCUT2D eigenvalue weighted by molar-refractivity contribution is 7.11. The summed E-state index contributed by atoms with van der Waals surface area (Å²) in [4.78, 5) is 9.50. The number of aryl methyl sites for hydroxylation is 1. The third-order valence-corrected chi connectivity index (χ3v) is 3.13. The smallest absolute Gasteiger partial charge is 0.0946 e. The molecular weight excluding hydrogens is 206 g/mol. The van der Waals surface area contributed by atoms with Gasteiger partial charge in [0.2, 0.25) is 0 Å². The van der Waals surface area contributed by atoms with Crippen molar-refractivity contribution in [3.63, 3.8) is 0 Å². The molecular formula is C11H13N3S. The summed E-state index contributed by atoms with van der Waals surface area (Å²) in [5.74, 6) is 0. The van der Waals surface area contributed by atoms with E-state index < -0.39 is 0 Å². The predicted molar refractivity (Wildman–Crippen MR) is 61.7 cm³/mol. The number of nitrogens with zero attached hydrogens (tertiary/aromatic N) is 2. The van der Waals surface area contributed by atoms with E-state index in [1.54, 1.807) is 23.7 Å². The number of thiazole rings is 1. The van der Waals surface area contributed by atoms with Crippen molar-refractivity contribution in [2.75, 3.05) is 0 Å². The van der Waals surface area contributed by atoms with E-state index >= 15 is 0 Å². The molecule has 0 fully saturated rings. The minimum atomic E-state index is 0.0125. The van der Waals surface area contributed by atoms with Gasteiger partial charge in [0.15, 0.2) is 0 Å². The van der Waals surface area contributed by atoms with Crippen molar-refractivity contribution >= 4 is 11.3 Å². The van der Waals surface area contributed by atoms with Crippen molar-refractivity contribution in [2.45, 2.75) is 19.4 Å². The van der Waals surface area contributed by atoms with Crippen LogP contribution in [0.5, 0.6) is 0 Å². The maximum Gasteiger partial charge on any atom is 0.0946 e. The lowest BCUT2D eigenvalue weighted by molar-refractivity contribution is 0.716. The zero-order chi connectivity index (χ0) is 10.7. The Hall–Kier alpha value is -1.26. The largest absolute Gasteiger partial charge is 0.324 e. The van der Waals surface area contributed by atoms with Crippen LogP contribution in [0.25, 0.3) is 0 Å². The van der Waals surface area contributed by atoms with E-state index in [0.717, 1.165) is 17.0 Å². The maximum absolute atomic E-state index is 6.08. The summed E-state index contributed by atoms with van der Waals surface area (Å²) < 4.78 is 0. The molecule has 0 spiro atoms. The van der Waals surface area contributed by atoms with Gasteiger partial charge in [-0.05, 0) is 24.6 Å². The van der Waals surface area contributed by atoms with Crippen molar-refractivity contribution in [3.8, 4) is 0 Å². The van der Waals surface area contributed by atoms with E-state index in [1.807, 2.05) is 18.3 Å². The molecule has 2 aromatic rings. The number of hydrogen-bond donors (Lipinski definition) is 1. The van der Waals surface area contributed by atoms with Gasteiger partial charge in [0.05, 0.1) is 5.01 Å². The third-order valence-electron chi connectivity index (χ3n) is 2.20. The van der Waals surface area contributed by atoms with Crippen LogP contribution in [-0.4, -0.2) is 9.97 Å². The van der Waals surface area contributed by atoms with Gasteiger partial charge in [-0.25, -0.2) is 4.98 Å². The number of nitrogens with two attached hydrogens (primary N) is 1. The van der Waals surface area contributed by atoms with Gasteiger partial charge in [-0.3, -0.25) is 4.98 Å². The van der Waals surface area contributed by atoms with Gasteiger partial charge < -0.3 is 5.73 Å². The number of hydrogen-bond acceptors (Lipinski definition) is 4. The second-order valence-electron chi connectivity index (χ2n) is 3.46. The number of pyridine rings is 1. The molecule has 1 atom stereocenters. The Morgan fingerprint density at radius 3 is 2.73 bits per heavy atom. The summed E-state index contributed by atoms with van der Waals surface area (Å²) in [6.07, 6.45) is 6.21. The van der Waals surface area contributed by atoms with Gasteiger partial charge in [-0.2, -0.15) is 0 Å². The van der Waals surface area contributed by atoms with Crippen LogP contribution >= 0.6 is 11.3 Å². The number of rotatable bonds is 3. The fraction of sp³-hybridized carbons (Fsp3) is 0.273. The molecule has 2 heterocycles. The Labute approximate surface area is 93.0 Å². The summed E-state index contributed by atoms with van der Waals surface area (Å²) in [6, 6.07) is 3.91. The summed E-state index contributed by atoms with van der Waals surface area (Å²) in [7, 11) is 0. The van der Waals surface area contributed by atoms with Crippen molar-refractivity contribution in [1.82, 2.24) is 9.97 Å². The first-order valence-corrected chi connectivity index (χ1v) is 5.64. The van der Waals surface area contributed by atoms with Crippen LogP contribution in [0, 0.1) is 6.92 Å². The molecule has 4 heteroatoms. The zero-order valence-corrected chi connectivity index (χ0v) is 9.37. The molecule has 1 unspecified atom stereocenters. The first-order chi connectivity index (χ1) is 7.25. The molecule has 0 radical (unpaired) electrons. The fourth-order valence-corrected chi connectivity index (χ4v) is 2.26. The van der Waals surface area contributed by atoms with Crippen molar-refractivity contribution in [1.29, 1.82) is 0 Å². The molecule has 0 saturated carbocycles. The van der Waals surface area contributed by atoms with Crippen LogP contribution in [0.1, 0.15) is 21.5 Å². The summed E-state index contributed by atoms with van der Waals surface area (Å²) in [5, 5.41) is 1.09. The molecule has 2 N–H and O–H groups in total. The van der Waals surface area contributed by atoms with Crippen LogP contribution < -0.4 is 5.73 Å². The predicted octanol–water partition coefficient (Wildman–Crippen LogP) is 2.09. The highest BCUT2D eigenvalue weighted by Crippen LogP contribution is 2.18. The van der Waals surface area contributed by atoms with Crippen LogP contribution in [0.4, 0.5) is 0 Å². The van der Waals surface area contributed by atoms with Crippen molar-refractivity contribution in [3.05, 3.63) is 46.2 Å². The van der Waals surface area contributed by atoms with E-state index in [1.165, 1.54) is 4.88 Å². The molecule has 0 aliphatic rings. The Balaban J connectivity index is 2.07. The standard InChI is InChI=1S/C11H13N3S/c1-8-7-14-11(15-8)6-10(12)9-2-4-13-5-3-9/h2-5,7,10H,6,12H2,1H3. The molecule has 2 rings (SSSR count). The topological polar surface area (TPSA) is 51.8 Å². The van der Waals surface area contributed by atoms with Gasteiger partial charge in [0.1, 0.15) is 0 Å². The second-order valence-corrected chi connectivity index (χ2v) is 4.78. The average molecular weight is 219 g/mol. The highest BCUT2D eigenvalue weighted by Gasteiger charge is 2.08. The molecule has 0 aliphatic carbocycles. The monoisotopic (exact) mass is 219 g/mol. The Bertz CT molecular complexity index is 424. The summed E-state index contributed by atoms with van der Waals surface area (Å²) in [5.41, 5.74) is 7.18. The minimum Gasteiger partial charge on any atom is -0.324 e. The lowest BCUT2D eigenvalue weighted by atomic mass is 10.1. The average Bonchev–Trinajstić information content (AvgIpc) is 2.65. The van der Waals surface area contributed by atoms with Crippen LogP contribution in [0.3, 0.4) is 0 Å². The van der Waals surface area contributed by atoms with Crippen LogP contribution in [0.2, 0.25) is 0 Å². The lowest BCUT2D eigenvalue weighted by Crippen LogP contribution is -2.13. The van der Waals surface area contributed by atoms with Gasteiger partial charge in [0.25, 0.3) is 0 Å². The Morgan fingerprint density at radius 2 is 2.13 bits per heavy atom. The third kappa shape index (κ3) is 2.61. The molecule has 0 amide bonds. The summed E-state index contributed by atoms with van der Waals surface area (Å²) >= 11 is 1.70. The van der Waals surface area contributed by atoms with E-state index in [-0.39, 0.29) is 6.04 Å². The van der Waals surface area contributed by atoms with Crippen molar-refractivity contribution in [2.24, 2.45) is 5.73 Å². The van der Waals surface area contributed by atoms with E-state index in [2.05, 4.69) is 16.9 Å². The van der Waals surface area contributed by atoms with E-state index in [4.69, 9.17) is 5.73 Å². The van der Waals surface area contributed by atoms with Gasteiger partial charge in [0, 0.05) is 35.9 Å². The first kappa shape index (κ1) is 10.3. The first-order valence-electron chi connectivity index (χ1n) is 4.82. The highest BCUT2D eigenvalue weighted by atomic mass is 32.1. The van der Waals surface area contributed by atoms with Crippen molar-refractivity contribution < 1.29 is 0 Å². The quantitative estimate of drug-likeness (QED) is 0.860. The second kappa shape index (κ2) is 4.51. The normalized spacial score (nSPS) is 12.7. The maximum atomic E-state index is 6.08. The van der Waals surface area contributed by atoms with Gasteiger partial charge >= 0.3 is 0 Å². The molecule has 0 bridgehead atoms. The molecule has 78 valence electrons. The molecule has 15 heavy (non-hydrogen) atoms. The van der Waals surface area contributed by atoms with E-state index in [0.29, 0.717) is 0 Å². The van der Waals surface area contributed by atoms with E-state index in [9.17, 15) is 0 Å². The SMILES string of the molecule is Cc1cnc(CC(N)c2ccncc2)s1. The van der Waals surface area contributed by atoms with Gasteiger partial charge in [-0.1, -0.05) is 0 Å². The zero-order valence-electron chi connectivity index (χ0n) is 8.55. The minimum absolute atomic E-state index is 0.0125. The van der Waals surface area contributed by atoms with Crippen LogP contribution in [-0.2, 0) is 6.42 Å². The fourth-order valence-electron chi connectivity index (χ4n) is 1.41. The molecule has 3 nitrogen and oxygen atoms in total. The lowest BCUT2D eigenvalue weighted by Gasteiger charge is -2.09. The van der Waals surface area contributed by atoms with Gasteiger partial charge in [-0.15, -0.1) is 11.3 Å². The molecule has 0 aromatic carbocycles. The Kier molecular flexibility index (Phi) is 3.08. The molecule has 0 saturated heterocycles. The number of aromatic nitrogens is 2. The Morgan fingerprint density at radius 1 is 1.40 bits per heavy atom. The summed E-state index contributed by atoms with van der Waals surface area (Å²) in [6.45, 7) is 2.05. The molecule has 0 aliphatic heterocycles. The van der Waals surface area contributed by atoms with Crippen LogP contribution in [0.15, 0.2) is 30.7 Å².